The predicted octanol–water partition coefficient (Wildman–Crippen LogP) is 2.35. The third-order valence-electron chi connectivity index (χ3n) is 2.26. The first kappa shape index (κ1) is 15.4. The van der Waals surface area contributed by atoms with E-state index in [1.165, 1.54) is 0 Å². The molecule has 0 amide bonds. The fraction of sp³-hybridized carbons (Fsp3) is 1.00. The molecule has 0 aliphatic carbocycles. The van der Waals surface area contributed by atoms with Crippen molar-refractivity contribution in [1.82, 2.24) is 0 Å². The maximum absolute atomic E-state index is 9.86. The van der Waals surface area contributed by atoms with Crippen LogP contribution in [-0.2, 0) is 0 Å². The lowest BCUT2D eigenvalue weighted by molar-refractivity contribution is 0.258. The minimum absolute atomic E-state index is 0.251. The number of aliphatic hydroxyl groups is 2. The molecule has 0 spiro atoms. The Morgan fingerprint density at radius 1 is 1.00 bits per heavy atom. The Morgan fingerprint density at radius 3 is 1.62 bits per heavy atom. The van der Waals surface area contributed by atoms with Crippen LogP contribution in [0.4, 0.5) is 0 Å². The van der Waals surface area contributed by atoms with Crippen molar-refractivity contribution < 1.29 is 10.2 Å². The quantitative estimate of drug-likeness (QED) is 0.734. The first-order valence-electron chi connectivity index (χ1n) is 5.51. The summed E-state index contributed by atoms with van der Waals surface area (Å²) in [6.07, 6.45) is 0. The Morgan fingerprint density at radius 2 is 1.38 bits per heavy atom. The van der Waals surface area contributed by atoms with Crippen LogP contribution < -0.4 is 0 Å². The van der Waals surface area contributed by atoms with Gasteiger partial charge in [0.1, 0.15) is 10.9 Å². The lowest BCUT2D eigenvalue weighted by Gasteiger charge is -2.32. The normalized spacial score (nSPS) is 30.0. The zero-order chi connectivity index (χ0) is 12.0. The lowest BCUT2D eigenvalue weighted by atomic mass is 10.5. The predicted molar refractivity (Wildman–Crippen MR) is 80.8 cm³/mol. The van der Waals surface area contributed by atoms with Crippen LogP contribution in [0.25, 0.3) is 0 Å². The van der Waals surface area contributed by atoms with Gasteiger partial charge in [0, 0.05) is 22.0 Å². The van der Waals surface area contributed by atoms with Gasteiger partial charge in [0.05, 0.1) is 0 Å². The molecule has 16 heavy (non-hydrogen) atoms. The van der Waals surface area contributed by atoms with E-state index in [1.54, 1.807) is 23.5 Å². The molecule has 0 bridgehead atoms. The molecule has 1 aliphatic heterocycles. The molecular formula is C10H20O2S4. The first-order chi connectivity index (χ1) is 7.69. The average molecular weight is 301 g/mol. The Balaban J connectivity index is 2.27. The zero-order valence-electron chi connectivity index (χ0n) is 9.67. The molecule has 2 N–H and O–H groups in total. The van der Waals surface area contributed by atoms with Crippen molar-refractivity contribution in [3.05, 3.63) is 0 Å². The van der Waals surface area contributed by atoms with Crippen LogP contribution in [0.2, 0.25) is 0 Å². The van der Waals surface area contributed by atoms with Gasteiger partial charge in [-0.2, -0.15) is 23.5 Å². The zero-order valence-corrected chi connectivity index (χ0v) is 12.9. The van der Waals surface area contributed by atoms with Gasteiger partial charge >= 0.3 is 0 Å². The summed E-state index contributed by atoms with van der Waals surface area (Å²) in [5, 5.41) is 20.4. The molecule has 1 rings (SSSR count). The van der Waals surface area contributed by atoms with Crippen molar-refractivity contribution in [1.29, 1.82) is 0 Å². The van der Waals surface area contributed by atoms with E-state index in [9.17, 15) is 10.2 Å². The highest BCUT2D eigenvalue weighted by molar-refractivity contribution is 8.09. The van der Waals surface area contributed by atoms with Gasteiger partial charge in [0.15, 0.2) is 0 Å². The SMILES string of the molecule is CCSC(O)C1CSC(C(O)SCC)CS1. The summed E-state index contributed by atoms with van der Waals surface area (Å²) in [7, 11) is 0. The summed E-state index contributed by atoms with van der Waals surface area (Å²) in [5.41, 5.74) is -0.501. The average Bonchev–Trinajstić information content (AvgIpc) is 2.30. The van der Waals surface area contributed by atoms with Crippen molar-refractivity contribution in [2.45, 2.75) is 35.2 Å². The Hall–Kier alpha value is 1.32. The van der Waals surface area contributed by atoms with Crippen molar-refractivity contribution in [2.75, 3.05) is 23.0 Å². The number of rotatable bonds is 6. The molecule has 1 heterocycles. The van der Waals surface area contributed by atoms with Crippen molar-refractivity contribution in [2.24, 2.45) is 0 Å². The van der Waals surface area contributed by atoms with Crippen molar-refractivity contribution in [3.63, 3.8) is 0 Å². The molecule has 0 radical (unpaired) electrons. The molecule has 4 unspecified atom stereocenters. The smallest absolute Gasteiger partial charge is 0.112 e. The van der Waals surface area contributed by atoms with Gasteiger partial charge in [-0.3, -0.25) is 0 Å². The van der Waals surface area contributed by atoms with E-state index in [0.717, 1.165) is 23.0 Å². The number of thioether (sulfide) groups is 4. The second-order valence-electron chi connectivity index (χ2n) is 3.44. The van der Waals surface area contributed by atoms with Gasteiger partial charge in [-0.15, -0.1) is 23.5 Å². The molecule has 0 aromatic heterocycles. The highest BCUT2D eigenvalue weighted by Crippen LogP contribution is 2.37. The molecule has 96 valence electrons. The summed E-state index contributed by atoms with van der Waals surface area (Å²) < 4.78 is 0. The summed E-state index contributed by atoms with van der Waals surface area (Å²) >= 11 is 6.84. The highest BCUT2D eigenvalue weighted by atomic mass is 32.2. The van der Waals surface area contributed by atoms with Gasteiger partial charge < -0.3 is 10.2 Å². The van der Waals surface area contributed by atoms with E-state index in [0.29, 0.717) is 10.5 Å². The topological polar surface area (TPSA) is 40.5 Å². The van der Waals surface area contributed by atoms with Crippen LogP contribution in [0.15, 0.2) is 0 Å². The molecule has 0 aromatic rings. The molecule has 0 aromatic carbocycles. The number of aliphatic hydroxyl groups excluding tert-OH is 2. The maximum atomic E-state index is 9.86. The molecule has 1 saturated heterocycles. The minimum Gasteiger partial charge on any atom is -0.381 e. The fourth-order valence-corrected chi connectivity index (χ4v) is 6.72. The second-order valence-corrected chi connectivity index (χ2v) is 8.77. The third-order valence-corrected chi connectivity index (χ3v) is 7.84. The highest BCUT2D eigenvalue weighted by Gasteiger charge is 2.30. The molecular weight excluding hydrogens is 280 g/mol. The Kier molecular flexibility index (Phi) is 8.10. The van der Waals surface area contributed by atoms with Crippen LogP contribution >= 0.6 is 47.0 Å². The van der Waals surface area contributed by atoms with E-state index in [-0.39, 0.29) is 10.9 Å². The van der Waals surface area contributed by atoms with Crippen LogP contribution in [0.1, 0.15) is 13.8 Å². The molecule has 0 saturated carbocycles. The minimum atomic E-state index is -0.251. The Bertz CT molecular complexity index is 166. The fourth-order valence-electron chi connectivity index (χ4n) is 1.42. The molecule has 4 atom stereocenters. The van der Waals surface area contributed by atoms with Gasteiger partial charge in [0.2, 0.25) is 0 Å². The van der Waals surface area contributed by atoms with Gasteiger partial charge in [0.25, 0.3) is 0 Å². The summed E-state index contributed by atoms with van der Waals surface area (Å²) in [6, 6.07) is 0. The molecule has 2 nitrogen and oxygen atoms in total. The number of hydrogen-bond acceptors (Lipinski definition) is 6. The van der Waals surface area contributed by atoms with Crippen molar-refractivity contribution >= 4 is 47.0 Å². The summed E-state index contributed by atoms with van der Waals surface area (Å²) in [4.78, 5) is 0. The van der Waals surface area contributed by atoms with E-state index in [2.05, 4.69) is 13.8 Å². The third kappa shape index (κ3) is 4.90. The van der Waals surface area contributed by atoms with Gasteiger partial charge in [-0.25, -0.2) is 0 Å². The van der Waals surface area contributed by atoms with E-state index in [1.807, 2.05) is 23.5 Å². The largest absolute Gasteiger partial charge is 0.381 e. The van der Waals surface area contributed by atoms with Crippen LogP contribution in [0.3, 0.4) is 0 Å². The lowest BCUT2D eigenvalue weighted by Crippen LogP contribution is -2.34. The summed E-state index contributed by atoms with van der Waals surface area (Å²) in [5.74, 6) is 3.82. The van der Waals surface area contributed by atoms with Crippen LogP contribution in [0.5, 0.6) is 0 Å². The van der Waals surface area contributed by atoms with Crippen LogP contribution in [-0.4, -0.2) is 54.6 Å². The monoisotopic (exact) mass is 300 g/mol. The summed E-state index contributed by atoms with van der Waals surface area (Å²) in [6.45, 7) is 4.14. The standard InChI is InChI=1S/C10H20O2S4/c1-3-13-9(11)7-5-16-8(6-15-7)10(12)14-4-2/h7-12H,3-6H2,1-2H3. The van der Waals surface area contributed by atoms with Gasteiger partial charge in [-0.05, 0) is 11.5 Å². The Labute approximate surface area is 115 Å². The van der Waals surface area contributed by atoms with Crippen molar-refractivity contribution in [3.8, 4) is 0 Å². The van der Waals surface area contributed by atoms with E-state index < -0.39 is 0 Å². The maximum Gasteiger partial charge on any atom is 0.112 e. The molecule has 6 heteroatoms. The molecule has 1 fully saturated rings. The van der Waals surface area contributed by atoms with E-state index in [4.69, 9.17) is 0 Å². The van der Waals surface area contributed by atoms with Gasteiger partial charge in [-0.1, -0.05) is 13.8 Å². The van der Waals surface area contributed by atoms with Crippen LogP contribution in [0, 0.1) is 0 Å². The number of hydrogen-bond donors (Lipinski definition) is 2. The first-order valence-corrected chi connectivity index (χ1v) is 9.71. The second kappa shape index (κ2) is 8.43. The van der Waals surface area contributed by atoms with E-state index >= 15 is 0 Å². The molecule has 1 aliphatic rings.